The van der Waals surface area contributed by atoms with Gasteiger partial charge in [0.1, 0.15) is 12.1 Å². The Hall–Kier alpha value is -2.43. The van der Waals surface area contributed by atoms with E-state index in [1.807, 2.05) is 10.6 Å². The maximum Gasteiger partial charge on any atom is 0.161 e. The summed E-state index contributed by atoms with van der Waals surface area (Å²) in [5, 5.41) is 7.93. The van der Waals surface area contributed by atoms with Gasteiger partial charge in [0.15, 0.2) is 5.82 Å². The third-order valence-corrected chi connectivity index (χ3v) is 3.08. The van der Waals surface area contributed by atoms with Gasteiger partial charge < -0.3 is 5.73 Å². The Kier molecular flexibility index (Phi) is 2.26. The molecule has 0 amide bonds. The van der Waals surface area contributed by atoms with E-state index in [0.29, 0.717) is 5.82 Å². The first kappa shape index (κ1) is 10.7. The van der Waals surface area contributed by atoms with Crippen molar-refractivity contribution in [3.63, 3.8) is 0 Å². The predicted octanol–water partition coefficient (Wildman–Crippen LogP) is 2.01. The second-order valence-corrected chi connectivity index (χ2v) is 4.36. The van der Waals surface area contributed by atoms with E-state index < -0.39 is 0 Å². The molecule has 0 saturated heterocycles. The van der Waals surface area contributed by atoms with E-state index in [9.17, 15) is 0 Å². The number of anilines is 1. The quantitative estimate of drug-likeness (QED) is 0.705. The fourth-order valence-corrected chi connectivity index (χ4v) is 1.91. The summed E-state index contributed by atoms with van der Waals surface area (Å²) in [6.45, 7) is 4.16. The minimum atomic E-state index is 0.412. The Balaban J connectivity index is 2.23. The number of benzene rings is 1. The lowest BCUT2D eigenvalue weighted by Crippen LogP contribution is -2.00. The number of imidazole rings is 1. The SMILES string of the molecule is Cc1cc2ncn(-c3ccc(N)nn3)c2cc1C. The van der Waals surface area contributed by atoms with Crippen LogP contribution in [0.5, 0.6) is 0 Å². The van der Waals surface area contributed by atoms with Crippen molar-refractivity contribution in [1.82, 2.24) is 19.7 Å². The van der Waals surface area contributed by atoms with E-state index in [4.69, 9.17) is 5.73 Å². The molecule has 90 valence electrons. The molecule has 0 radical (unpaired) electrons. The van der Waals surface area contributed by atoms with Crippen LogP contribution in [0.15, 0.2) is 30.6 Å². The molecule has 18 heavy (non-hydrogen) atoms. The molecule has 5 heteroatoms. The van der Waals surface area contributed by atoms with Crippen LogP contribution in [0.2, 0.25) is 0 Å². The summed E-state index contributed by atoms with van der Waals surface area (Å²) in [6.07, 6.45) is 1.75. The Labute approximate surface area is 104 Å². The van der Waals surface area contributed by atoms with E-state index in [1.54, 1.807) is 12.4 Å². The first-order valence-corrected chi connectivity index (χ1v) is 5.69. The summed E-state index contributed by atoms with van der Waals surface area (Å²) in [7, 11) is 0. The van der Waals surface area contributed by atoms with Crippen LogP contribution >= 0.6 is 0 Å². The van der Waals surface area contributed by atoms with E-state index >= 15 is 0 Å². The highest BCUT2D eigenvalue weighted by Crippen LogP contribution is 2.20. The molecule has 3 rings (SSSR count). The molecular formula is C13H13N5. The molecule has 0 saturated carbocycles. The summed E-state index contributed by atoms with van der Waals surface area (Å²) in [4.78, 5) is 4.38. The van der Waals surface area contributed by atoms with Gasteiger partial charge in [-0.2, -0.15) is 0 Å². The highest BCUT2D eigenvalue weighted by molar-refractivity contribution is 5.78. The van der Waals surface area contributed by atoms with E-state index in [-0.39, 0.29) is 0 Å². The molecule has 0 unspecified atom stereocenters. The van der Waals surface area contributed by atoms with Crippen LogP contribution < -0.4 is 5.73 Å². The lowest BCUT2D eigenvalue weighted by atomic mass is 10.1. The Morgan fingerprint density at radius 2 is 1.83 bits per heavy atom. The van der Waals surface area contributed by atoms with Crippen LogP contribution in [-0.2, 0) is 0 Å². The van der Waals surface area contributed by atoms with Crippen molar-refractivity contribution >= 4 is 16.9 Å². The van der Waals surface area contributed by atoms with Gasteiger partial charge in [-0.3, -0.25) is 4.57 Å². The number of fused-ring (bicyclic) bond motifs is 1. The lowest BCUT2D eigenvalue weighted by Gasteiger charge is -2.04. The maximum absolute atomic E-state index is 5.54. The van der Waals surface area contributed by atoms with Crippen molar-refractivity contribution in [2.24, 2.45) is 0 Å². The number of nitrogens with two attached hydrogens (primary N) is 1. The molecule has 0 spiro atoms. The largest absolute Gasteiger partial charge is 0.382 e. The smallest absolute Gasteiger partial charge is 0.161 e. The monoisotopic (exact) mass is 239 g/mol. The summed E-state index contributed by atoms with van der Waals surface area (Å²) in [6, 6.07) is 7.75. The number of aromatic nitrogens is 4. The highest BCUT2D eigenvalue weighted by atomic mass is 15.2. The minimum absolute atomic E-state index is 0.412. The van der Waals surface area contributed by atoms with Gasteiger partial charge in [0.2, 0.25) is 0 Å². The average molecular weight is 239 g/mol. The van der Waals surface area contributed by atoms with E-state index in [0.717, 1.165) is 16.9 Å². The first-order valence-electron chi connectivity index (χ1n) is 5.69. The van der Waals surface area contributed by atoms with Crippen LogP contribution in [0.3, 0.4) is 0 Å². The number of nitrogens with zero attached hydrogens (tertiary/aromatic N) is 4. The highest BCUT2D eigenvalue weighted by Gasteiger charge is 2.07. The molecule has 2 heterocycles. The summed E-state index contributed by atoms with van der Waals surface area (Å²) in [5.74, 6) is 1.13. The second kappa shape index (κ2) is 3.80. The van der Waals surface area contributed by atoms with Crippen LogP contribution in [0, 0.1) is 13.8 Å². The van der Waals surface area contributed by atoms with E-state index in [2.05, 4.69) is 41.2 Å². The molecule has 0 aliphatic heterocycles. The van der Waals surface area contributed by atoms with Crippen molar-refractivity contribution in [3.8, 4) is 5.82 Å². The molecule has 5 nitrogen and oxygen atoms in total. The summed E-state index contributed by atoms with van der Waals surface area (Å²) in [5.41, 5.74) is 9.98. The molecule has 3 aromatic rings. The Morgan fingerprint density at radius 1 is 1.06 bits per heavy atom. The zero-order valence-electron chi connectivity index (χ0n) is 10.3. The third-order valence-electron chi connectivity index (χ3n) is 3.08. The standard InChI is InChI=1S/C13H13N5/c1-8-5-10-11(6-9(8)2)18(7-15-10)13-4-3-12(14)16-17-13/h3-7H,1-2H3,(H2,14,16). The van der Waals surface area contributed by atoms with Gasteiger partial charge in [0, 0.05) is 0 Å². The fraction of sp³-hybridized carbons (Fsp3) is 0.154. The molecule has 0 fully saturated rings. The fourth-order valence-electron chi connectivity index (χ4n) is 1.91. The van der Waals surface area contributed by atoms with Crippen molar-refractivity contribution in [1.29, 1.82) is 0 Å². The molecule has 2 aromatic heterocycles. The van der Waals surface area contributed by atoms with Gasteiger partial charge >= 0.3 is 0 Å². The number of nitrogen functional groups attached to an aromatic ring is 1. The third kappa shape index (κ3) is 1.60. The molecule has 0 aliphatic rings. The lowest BCUT2D eigenvalue weighted by molar-refractivity contribution is 0.934. The zero-order valence-corrected chi connectivity index (χ0v) is 10.3. The number of hydrogen-bond acceptors (Lipinski definition) is 4. The first-order chi connectivity index (χ1) is 8.65. The molecule has 0 bridgehead atoms. The van der Waals surface area contributed by atoms with Gasteiger partial charge in [-0.25, -0.2) is 4.98 Å². The Morgan fingerprint density at radius 3 is 2.56 bits per heavy atom. The van der Waals surface area contributed by atoms with Gasteiger partial charge in [-0.15, -0.1) is 10.2 Å². The van der Waals surface area contributed by atoms with Crippen molar-refractivity contribution in [3.05, 3.63) is 41.7 Å². The normalized spacial score (nSPS) is 11.0. The molecular weight excluding hydrogens is 226 g/mol. The number of aryl methyl sites for hydroxylation is 2. The minimum Gasteiger partial charge on any atom is -0.382 e. The van der Waals surface area contributed by atoms with Crippen LogP contribution in [0.1, 0.15) is 11.1 Å². The topological polar surface area (TPSA) is 69.6 Å². The summed E-state index contributed by atoms with van der Waals surface area (Å²) < 4.78 is 1.91. The average Bonchev–Trinajstić information content (AvgIpc) is 2.74. The van der Waals surface area contributed by atoms with Crippen molar-refractivity contribution in [2.45, 2.75) is 13.8 Å². The molecule has 0 aliphatic carbocycles. The van der Waals surface area contributed by atoms with Gasteiger partial charge in [-0.1, -0.05) is 0 Å². The van der Waals surface area contributed by atoms with Gasteiger partial charge in [-0.05, 0) is 49.2 Å². The van der Waals surface area contributed by atoms with Crippen molar-refractivity contribution < 1.29 is 0 Å². The summed E-state index contributed by atoms with van der Waals surface area (Å²) >= 11 is 0. The van der Waals surface area contributed by atoms with Crippen molar-refractivity contribution in [2.75, 3.05) is 5.73 Å². The molecule has 1 aromatic carbocycles. The number of hydrogen-bond donors (Lipinski definition) is 1. The zero-order chi connectivity index (χ0) is 12.7. The number of rotatable bonds is 1. The van der Waals surface area contributed by atoms with E-state index in [1.165, 1.54) is 11.1 Å². The van der Waals surface area contributed by atoms with Gasteiger partial charge in [0.05, 0.1) is 11.0 Å². The van der Waals surface area contributed by atoms with Crippen LogP contribution in [-0.4, -0.2) is 19.7 Å². The molecule has 0 atom stereocenters. The predicted molar refractivity (Wildman–Crippen MR) is 70.5 cm³/mol. The Bertz CT molecular complexity index is 712. The second-order valence-electron chi connectivity index (χ2n) is 4.36. The maximum atomic E-state index is 5.54. The van der Waals surface area contributed by atoms with Crippen LogP contribution in [0.25, 0.3) is 16.9 Å². The molecule has 2 N–H and O–H groups in total. The van der Waals surface area contributed by atoms with Gasteiger partial charge in [0.25, 0.3) is 0 Å². The van der Waals surface area contributed by atoms with Crippen LogP contribution in [0.4, 0.5) is 5.82 Å².